The summed E-state index contributed by atoms with van der Waals surface area (Å²) >= 11 is 5.86. The number of rotatable bonds is 2. The molecule has 0 bridgehead atoms. The van der Waals surface area contributed by atoms with Crippen molar-refractivity contribution in [2.75, 3.05) is 7.05 Å². The van der Waals surface area contributed by atoms with Crippen LogP contribution in [0, 0.1) is 19.7 Å². The zero-order chi connectivity index (χ0) is 10.0. The van der Waals surface area contributed by atoms with Gasteiger partial charge in [0.2, 0.25) is 0 Å². The zero-order valence-electron chi connectivity index (χ0n) is 8.04. The van der Waals surface area contributed by atoms with E-state index < -0.39 is 0 Å². The smallest absolute Gasteiger partial charge is 0.130 e. The first-order chi connectivity index (χ1) is 6.07. The van der Waals surface area contributed by atoms with Gasteiger partial charge in [-0.25, -0.2) is 4.39 Å². The fraction of sp³-hybridized carbons (Fsp3) is 0.400. The quantitative estimate of drug-likeness (QED) is 0.776. The molecule has 0 amide bonds. The van der Waals surface area contributed by atoms with Gasteiger partial charge in [-0.3, -0.25) is 0 Å². The van der Waals surface area contributed by atoms with E-state index in [1.807, 2.05) is 13.1 Å². The molecule has 0 radical (unpaired) electrons. The Labute approximate surface area is 82.9 Å². The molecule has 0 aromatic heterocycles. The van der Waals surface area contributed by atoms with E-state index in [4.69, 9.17) is 11.6 Å². The van der Waals surface area contributed by atoms with Crippen LogP contribution in [0.1, 0.15) is 16.7 Å². The first kappa shape index (κ1) is 10.5. The van der Waals surface area contributed by atoms with Crippen LogP contribution in [0.5, 0.6) is 0 Å². The average Bonchev–Trinajstić information content (AvgIpc) is 2.11. The molecule has 0 saturated carbocycles. The third kappa shape index (κ3) is 2.01. The molecule has 72 valence electrons. The maximum absolute atomic E-state index is 13.5. The lowest BCUT2D eigenvalue weighted by atomic mass is 10.0. The number of hydrogen-bond acceptors (Lipinski definition) is 1. The Hall–Kier alpha value is -0.600. The van der Waals surface area contributed by atoms with Gasteiger partial charge < -0.3 is 5.32 Å². The van der Waals surface area contributed by atoms with Crippen LogP contribution >= 0.6 is 11.6 Å². The minimum atomic E-state index is -0.197. The lowest BCUT2D eigenvalue weighted by molar-refractivity contribution is 0.604. The first-order valence-electron chi connectivity index (χ1n) is 4.16. The van der Waals surface area contributed by atoms with E-state index in [9.17, 15) is 4.39 Å². The molecule has 0 fully saturated rings. The summed E-state index contributed by atoms with van der Waals surface area (Å²) < 4.78 is 13.5. The third-order valence-corrected chi connectivity index (χ3v) is 2.56. The second-order valence-corrected chi connectivity index (χ2v) is 3.52. The molecule has 0 aliphatic carbocycles. The van der Waals surface area contributed by atoms with E-state index >= 15 is 0 Å². The number of benzene rings is 1. The van der Waals surface area contributed by atoms with E-state index in [-0.39, 0.29) is 5.82 Å². The highest BCUT2D eigenvalue weighted by Gasteiger charge is 2.10. The SMILES string of the molecule is CNCc1cc(Cl)c(C)c(F)c1C. The highest BCUT2D eigenvalue weighted by molar-refractivity contribution is 6.31. The van der Waals surface area contributed by atoms with E-state index in [0.717, 1.165) is 5.56 Å². The molecule has 0 aliphatic rings. The van der Waals surface area contributed by atoms with Gasteiger partial charge in [-0.1, -0.05) is 11.6 Å². The highest BCUT2D eigenvalue weighted by atomic mass is 35.5. The van der Waals surface area contributed by atoms with E-state index in [0.29, 0.717) is 22.7 Å². The van der Waals surface area contributed by atoms with Crippen molar-refractivity contribution >= 4 is 11.6 Å². The van der Waals surface area contributed by atoms with E-state index in [2.05, 4.69) is 5.32 Å². The van der Waals surface area contributed by atoms with Crippen molar-refractivity contribution in [1.29, 1.82) is 0 Å². The van der Waals surface area contributed by atoms with Crippen molar-refractivity contribution in [3.05, 3.63) is 33.6 Å². The molecule has 1 aromatic carbocycles. The molecule has 0 spiro atoms. The summed E-state index contributed by atoms with van der Waals surface area (Å²) in [5.74, 6) is -0.197. The highest BCUT2D eigenvalue weighted by Crippen LogP contribution is 2.24. The van der Waals surface area contributed by atoms with E-state index in [1.54, 1.807) is 13.8 Å². The van der Waals surface area contributed by atoms with Gasteiger partial charge in [-0.2, -0.15) is 0 Å². The molecule has 0 saturated heterocycles. The summed E-state index contributed by atoms with van der Waals surface area (Å²) in [6.45, 7) is 4.10. The van der Waals surface area contributed by atoms with Crippen molar-refractivity contribution in [3.63, 3.8) is 0 Å². The molecule has 0 unspecified atom stereocenters. The standard InChI is InChI=1S/C10H13ClFN/c1-6-8(5-13-3)4-9(11)7(2)10(6)12/h4,13H,5H2,1-3H3. The van der Waals surface area contributed by atoms with Crippen molar-refractivity contribution < 1.29 is 4.39 Å². The normalized spacial score (nSPS) is 10.5. The second kappa shape index (κ2) is 4.07. The Balaban J connectivity index is 3.24. The van der Waals surface area contributed by atoms with Crippen molar-refractivity contribution in [3.8, 4) is 0 Å². The van der Waals surface area contributed by atoms with Gasteiger partial charge in [-0.05, 0) is 38.1 Å². The van der Waals surface area contributed by atoms with Crippen LogP contribution in [0.25, 0.3) is 0 Å². The lowest BCUT2D eigenvalue weighted by Crippen LogP contribution is -2.08. The van der Waals surface area contributed by atoms with Crippen molar-refractivity contribution in [2.24, 2.45) is 0 Å². The van der Waals surface area contributed by atoms with Crippen molar-refractivity contribution in [1.82, 2.24) is 5.32 Å². The zero-order valence-corrected chi connectivity index (χ0v) is 8.80. The molecule has 1 nitrogen and oxygen atoms in total. The van der Waals surface area contributed by atoms with Gasteiger partial charge in [0.15, 0.2) is 0 Å². The van der Waals surface area contributed by atoms with Gasteiger partial charge in [0.05, 0.1) is 0 Å². The molecular weight excluding hydrogens is 189 g/mol. The van der Waals surface area contributed by atoms with Crippen LogP contribution in [-0.2, 0) is 6.54 Å². The Morgan fingerprint density at radius 1 is 1.38 bits per heavy atom. The van der Waals surface area contributed by atoms with E-state index in [1.165, 1.54) is 0 Å². The fourth-order valence-corrected chi connectivity index (χ4v) is 1.49. The predicted molar refractivity (Wildman–Crippen MR) is 53.6 cm³/mol. The lowest BCUT2D eigenvalue weighted by Gasteiger charge is -2.09. The monoisotopic (exact) mass is 201 g/mol. The maximum Gasteiger partial charge on any atom is 0.130 e. The van der Waals surface area contributed by atoms with Crippen LogP contribution in [0.15, 0.2) is 6.07 Å². The van der Waals surface area contributed by atoms with Gasteiger partial charge in [-0.15, -0.1) is 0 Å². The Bertz CT molecular complexity index is 323. The van der Waals surface area contributed by atoms with Crippen molar-refractivity contribution in [2.45, 2.75) is 20.4 Å². The predicted octanol–water partition coefficient (Wildman–Crippen LogP) is 2.82. The maximum atomic E-state index is 13.5. The molecule has 3 heteroatoms. The van der Waals surface area contributed by atoms with Crippen LogP contribution in [0.4, 0.5) is 4.39 Å². The minimum Gasteiger partial charge on any atom is -0.316 e. The molecule has 0 heterocycles. The molecular formula is C10H13ClFN. The van der Waals surface area contributed by atoms with Crippen LogP contribution in [0.2, 0.25) is 5.02 Å². The fourth-order valence-electron chi connectivity index (χ4n) is 1.27. The Morgan fingerprint density at radius 3 is 2.54 bits per heavy atom. The molecule has 0 aliphatic heterocycles. The molecule has 1 N–H and O–H groups in total. The molecule has 1 rings (SSSR count). The Kier molecular flexibility index (Phi) is 3.28. The first-order valence-corrected chi connectivity index (χ1v) is 4.54. The van der Waals surface area contributed by atoms with Gasteiger partial charge in [0.1, 0.15) is 5.82 Å². The average molecular weight is 202 g/mol. The van der Waals surface area contributed by atoms with Gasteiger partial charge >= 0.3 is 0 Å². The summed E-state index contributed by atoms with van der Waals surface area (Å²) in [6.07, 6.45) is 0. The van der Waals surface area contributed by atoms with Gasteiger partial charge in [0.25, 0.3) is 0 Å². The topological polar surface area (TPSA) is 12.0 Å². The summed E-state index contributed by atoms with van der Waals surface area (Å²) in [7, 11) is 1.82. The van der Waals surface area contributed by atoms with Crippen LogP contribution in [0.3, 0.4) is 0 Å². The number of nitrogens with one attached hydrogen (secondary N) is 1. The summed E-state index contributed by atoms with van der Waals surface area (Å²) in [5, 5.41) is 3.47. The molecule has 0 atom stereocenters. The van der Waals surface area contributed by atoms with Crippen LogP contribution < -0.4 is 5.32 Å². The van der Waals surface area contributed by atoms with Gasteiger partial charge in [0, 0.05) is 17.1 Å². The largest absolute Gasteiger partial charge is 0.316 e. The number of hydrogen-bond donors (Lipinski definition) is 1. The summed E-state index contributed by atoms with van der Waals surface area (Å²) in [5.41, 5.74) is 2.12. The summed E-state index contributed by atoms with van der Waals surface area (Å²) in [4.78, 5) is 0. The summed E-state index contributed by atoms with van der Waals surface area (Å²) in [6, 6.07) is 1.81. The van der Waals surface area contributed by atoms with Crippen LogP contribution in [-0.4, -0.2) is 7.05 Å². The third-order valence-electron chi connectivity index (χ3n) is 2.17. The minimum absolute atomic E-state index is 0.197. The Morgan fingerprint density at radius 2 is 2.00 bits per heavy atom. The molecule has 1 aromatic rings. The molecule has 13 heavy (non-hydrogen) atoms. The number of halogens is 2. The second-order valence-electron chi connectivity index (χ2n) is 3.11.